The zero-order valence-electron chi connectivity index (χ0n) is 15.9. The summed E-state index contributed by atoms with van der Waals surface area (Å²) in [5.41, 5.74) is 0. The molecule has 2 atom stereocenters. The highest BCUT2D eigenvalue weighted by Crippen LogP contribution is 2.22. The predicted octanol–water partition coefficient (Wildman–Crippen LogP) is 3.26. The van der Waals surface area contributed by atoms with Crippen molar-refractivity contribution in [1.29, 1.82) is 0 Å². The normalized spacial score (nSPS) is 19.1. The fourth-order valence-electron chi connectivity index (χ4n) is 2.97. The van der Waals surface area contributed by atoms with Gasteiger partial charge in [-0.05, 0) is 50.1 Å². The molecule has 1 fully saturated rings. The summed E-state index contributed by atoms with van der Waals surface area (Å²) in [5.74, 6) is 0.973. The molecule has 0 aromatic heterocycles. The van der Waals surface area contributed by atoms with Gasteiger partial charge in [-0.25, -0.2) is 4.39 Å². The fraction of sp³-hybridized carbons (Fsp3) is 0.611. The Bertz CT molecular complexity index is 613. The molecule has 1 aliphatic heterocycles. The van der Waals surface area contributed by atoms with E-state index in [1.807, 2.05) is 6.92 Å². The lowest BCUT2D eigenvalue weighted by molar-refractivity contribution is -0.143. The number of hydrogen-bond acceptors (Lipinski definition) is 3. The number of alkyl halides is 3. The summed E-state index contributed by atoms with van der Waals surface area (Å²) in [4.78, 5) is 5.55. The van der Waals surface area contributed by atoms with E-state index in [2.05, 4.69) is 15.6 Å². The van der Waals surface area contributed by atoms with Crippen LogP contribution >= 0.6 is 24.0 Å². The lowest BCUT2D eigenvalue weighted by Crippen LogP contribution is -2.43. The van der Waals surface area contributed by atoms with Crippen LogP contribution in [0, 0.1) is 11.7 Å². The maximum atomic E-state index is 12.9. The number of rotatable bonds is 7. The number of nitrogens with one attached hydrogen (secondary N) is 2. The average Bonchev–Trinajstić information content (AvgIpc) is 3.02. The van der Waals surface area contributed by atoms with Crippen LogP contribution in [-0.2, 0) is 0 Å². The van der Waals surface area contributed by atoms with Gasteiger partial charge in [0, 0.05) is 20.1 Å². The highest BCUT2D eigenvalue weighted by molar-refractivity contribution is 14.0. The van der Waals surface area contributed by atoms with Crippen LogP contribution < -0.4 is 15.4 Å². The van der Waals surface area contributed by atoms with Gasteiger partial charge >= 0.3 is 6.18 Å². The first-order valence-electron chi connectivity index (χ1n) is 8.91. The molecule has 1 aromatic carbocycles. The van der Waals surface area contributed by atoms with Crippen molar-refractivity contribution in [2.24, 2.45) is 10.9 Å². The van der Waals surface area contributed by atoms with Crippen LogP contribution in [0.3, 0.4) is 0 Å². The number of benzene rings is 1. The quantitative estimate of drug-likeness (QED) is 0.252. The van der Waals surface area contributed by atoms with Crippen molar-refractivity contribution < 1.29 is 22.3 Å². The third kappa shape index (κ3) is 9.26. The summed E-state index contributed by atoms with van der Waals surface area (Å²) >= 11 is 0. The zero-order chi connectivity index (χ0) is 19.9. The molecule has 2 rings (SSSR count). The topological polar surface area (TPSA) is 48.9 Å². The Kier molecular flexibility index (Phi) is 10.3. The van der Waals surface area contributed by atoms with Crippen LogP contribution in [0.15, 0.2) is 29.3 Å². The summed E-state index contributed by atoms with van der Waals surface area (Å²) in [6.45, 7) is 2.93. The van der Waals surface area contributed by atoms with Crippen LogP contribution in [0.1, 0.15) is 13.3 Å². The molecule has 1 saturated heterocycles. The van der Waals surface area contributed by atoms with Gasteiger partial charge in [-0.1, -0.05) is 0 Å². The molecular formula is C18H27F4IN4O. The van der Waals surface area contributed by atoms with Crippen LogP contribution in [0.25, 0.3) is 0 Å². The van der Waals surface area contributed by atoms with Crippen LogP contribution in [0.2, 0.25) is 0 Å². The number of hydrogen-bond donors (Lipinski definition) is 2. The van der Waals surface area contributed by atoms with Gasteiger partial charge in [0.05, 0.1) is 13.1 Å². The molecule has 2 unspecified atom stereocenters. The minimum Gasteiger partial charge on any atom is -0.489 e. The molecule has 0 saturated carbocycles. The summed E-state index contributed by atoms with van der Waals surface area (Å²) in [7, 11) is 1.63. The molecule has 0 spiro atoms. The molecule has 10 heteroatoms. The Morgan fingerprint density at radius 3 is 2.57 bits per heavy atom. The number of nitrogens with zero attached hydrogens (tertiary/aromatic N) is 2. The van der Waals surface area contributed by atoms with Crippen molar-refractivity contribution in [3.8, 4) is 5.75 Å². The number of halogens is 5. The third-order valence-corrected chi connectivity index (χ3v) is 4.26. The van der Waals surface area contributed by atoms with Crippen LogP contribution in [0.5, 0.6) is 5.75 Å². The minimum absolute atomic E-state index is 0. The Labute approximate surface area is 179 Å². The van der Waals surface area contributed by atoms with E-state index in [1.54, 1.807) is 19.2 Å². The van der Waals surface area contributed by atoms with Crippen molar-refractivity contribution >= 4 is 29.9 Å². The van der Waals surface area contributed by atoms with Gasteiger partial charge in [0.25, 0.3) is 0 Å². The maximum absolute atomic E-state index is 12.9. The van der Waals surface area contributed by atoms with Crippen molar-refractivity contribution in [2.45, 2.75) is 25.6 Å². The number of likely N-dealkylation sites (tertiary alicyclic amines) is 1. The fourth-order valence-corrected chi connectivity index (χ4v) is 2.97. The van der Waals surface area contributed by atoms with Gasteiger partial charge in [-0.15, -0.1) is 24.0 Å². The van der Waals surface area contributed by atoms with E-state index >= 15 is 0 Å². The maximum Gasteiger partial charge on any atom is 0.401 e. The van der Waals surface area contributed by atoms with E-state index in [0.717, 1.165) is 6.42 Å². The molecule has 160 valence electrons. The Morgan fingerprint density at radius 2 is 1.96 bits per heavy atom. The van der Waals surface area contributed by atoms with Crippen LogP contribution in [-0.4, -0.2) is 62.9 Å². The second kappa shape index (κ2) is 11.6. The van der Waals surface area contributed by atoms with Crippen LogP contribution in [0.4, 0.5) is 17.6 Å². The molecular weight excluding hydrogens is 491 g/mol. The summed E-state index contributed by atoms with van der Waals surface area (Å²) < 4.78 is 55.9. The molecule has 5 nitrogen and oxygen atoms in total. The highest BCUT2D eigenvalue weighted by Gasteiger charge is 2.34. The average molecular weight is 518 g/mol. The van der Waals surface area contributed by atoms with Crippen molar-refractivity contribution in [3.63, 3.8) is 0 Å². The van der Waals surface area contributed by atoms with Crippen molar-refractivity contribution in [2.75, 3.05) is 39.8 Å². The van der Waals surface area contributed by atoms with E-state index in [0.29, 0.717) is 37.9 Å². The summed E-state index contributed by atoms with van der Waals surface area (Å²) in [6.07, 6.45) is -3.60. The Balaban J connectivity index is 0.00000392. The van der Waals surface area contributed by atoms with Gasteiger partial charge in [0.15, 0.2) is 5.96 Å². The number of aliphatic imine (C=N–C) groups is 1. The second-order valence-electron chi connectivity index (χ2n) is 6.72. The summed E-state index contributed by atoms with van der Waals surface area (Å²) in [5, 5.41) is 6.27. The Hall–Kier alpha value is -1.30. The zero-order valence-corrected chi connectivity index (χ0v) is 18.3. The predicted molar refractivity (Wildman–Crippen MR) is 112 cm³/mol. The van der Waals surface area contributed by atoms with E-state index in [9.17, 15) is 17.6 Å². The smallest absolute Gasteiger partial charge is 0.401 e. The molecule has 0 aliphatic carbocycles. The first-order valence-corrected chi connectivity index (χ1v) is 8.91. The molecule has 1 aliphatic rings. The first-order chi connectivity index (χ1) is 12.7. The molecule has 0 amide bonds. The number of ether oxygens (including phenoxy) is 1. The van der Waals surface area contributed by atoms with Crippen molar-refractivity contribution in [1.82, 2.24) is 15.5 Å². The summed E-state index contributed by atoms with van der Waals surface area (Å²) in [6, 6.07) is 5.79. The van der Waals surface area contributed by atoms with Gasteiger partial charge in [0.1, 0.15) is 17.7 Å². The lowest BCUT2D eigenvalue weighted by atomic mass is 10.1. The lowest BCUT2D eigenvalue weighted by Gasteiger charge is -2.20. The standard InChI is InChI=1S/C18H26F4N4O.HI/c1-13(27-16-5-3-15(19)4-6-16)9-24-17(23-2)25-10-14-7-8-26(11-14)12-18(20,21)22;/h3-6,13-14H,7-12H2,1-2H3,(H2,23,24,25);1H. The molecule has 0 radical (unpaired) electrons. The highest BCUT2D eigenvalue weighted by atomic mass is 127. The first kappa shape index (κ1) is 24.7. The monoisotopic (exact) mass is 518 g/mol. The van der Waals surface area contributed by atoms with Gasteiger partial charge < -0.3 is 15.4 Å². The van der Waals surface area contributed by atoms with Gasteiger partial charge in [-0.3, -0.25) is 9.89 Å². The van der Waals surface area contributed by atoms with E-state index in [4.69, 9.17) is 4.74 Å². The molecule has 1 heterocycles. The van der Waals surface area contributed by atoms with Gasteiger partial charge in [-0.2, -0.15) is 13.2 Å². The van der Waals surface area contributed by atoms with Gasteiger partial charge in [0.2, 0.25) is 0 Å². The molecule has 2 N–H and O–H groups in total. The molecule has 1 aromatic rings. The van der Waals surface area contributed by atoms with E-state index in [1.165, 1.54) is 17.0 Å². The second-order valence-corrected chi connectivity index (χ2v) is 6.72. The Morgan fingerprint density at radius 1 is 1.29 bits per heavy atom. The molecule has 28 heavy (non-hydrogen) atoms. The van der Waals surface area contributed by atoms with E-state index < -0.39 is 12.7 Å². The van der Waals surface area contributed by atoms with Crippen molar-refractivity contribution in [3.05, 3.63) is 30.1 Å². The minimum atomic E-state index is -4.15. The largest absolute Gasteiger partial charge is 0.489 e. The van der Waals surface area contributed by atoms with E-state index in [-0.39, 0.29) is 41.8 Å². The number of guanidine groups is 1. The third-order valence-electron chi connectivity index (χ3n) is 4.26. The SMILES string of the molecule is CN=C(NCC1CCN(CC(F)(F)F)C1)NCC(C)Oc1ccc(F)cc1.I. The molecule has 0 bridgehead atoms.